The minimum atomic E-state index is -0.892. The lowest BCUT2D eigenvalue weighted by Gasteiger charge is -2.19. The Kier molecular flexibility index (Phi) is 3.57. The van der Waals surface area contributed by atoms with Gasteiger partial charge in [-0.25, -0.2) is 24.0 Å². The maximum Gasteiger partial charge on any atom is 0.178 e. The molecule has 1 aromatic heterocycles. The van der Waals surface area contributed by atoms with Gasteiger partial charge in [-0.3, -0.25) is 0 Å². The van der Waals surface area contributed by atoms with Gasteiger partial charge < -0.3 is 10.3 Å². The van der Waals surface area contributed by atoms with E-state index in [-0.39, 0.29) is 11.6 Å². The number of nitrogen functional groups attached to an aromatic ring is 1. The maximum absolute atomic E-state index is 13.7. The molecule has 19 heavy (non-hydrogen) atoms. The highest BCUT2D eigenvalue weighted by atomic mass is 19.1. The van der Waals surface area contributed by atoms with E-state index in [9.17, 15) is 13.2 Å². The van der Waals surface area contributed by atoms with Gasteiger partial charge in [-0.05, 0) is 24.3 Å². The molecule has 0 spiro atoms. The number of rotatable bonds is 3. The van der Waals surface area contributed by atoms with E-state index in [1.807, 2.05) is 5.43 Å². The van der Waals surface area contributed by atoms with Crippen molar-refractivity contribution >= 4 is 17.3 Å². The Morgan fingerprint density at radius 2 is 1.74 bits per heavy atom. The Morgan fingerprint density at radius 3 is 2.32 bits per heavy atom. The molecule has 0 unspecified atom stereocenters. The summed E-state index contributed by atoms with van der Waals surface area (Å²) < 4.78 is 39.8. The third-order valence-electron chi connectivity index (χ3n) is 2.58. The second-order valence-corrected chi connectivity index (χ2v) is 3.80. The molecule has 4 nitrogen and oxygen atoms in total. The van der Waals surface area contributed by atoms with Gasteiger partial charge in [-0.1, -0.05) is 0 Å². The molecule has 0 fully saturated rings. The maximum atomic E-state index is 13.7. The summed E-state index contributed by atoms with van der Waals surface area (Å²) in [7, 11) is 1.52. The largest absolute Gasteiger partial charge is 0.327 e. The van der Waals surface area contributed by atoms with Crippen molar-refractivity contribution in [3.8, 4) is 0 Å². The number of pyridine rings is 1. The van der Waals surface area contributed by atoms with Gasteiger partial charge in [0.25, 0.3) is 0 Å². The van der Waals surface area contributed by atoms with E-state index in [0.29, 0.717) is 11.8 Å². The van der Waals surface area contributed by atoms with E-state index in [1.54, 1.807) is 0 Å². The van der Waals surface area contributed by atoms with Crippen LogP contribution in [0.3, 0.4) is 0 Å². The Bertz CT molecular complexity index is 586. The topological polar surface area (TPSA) is 54.2 Å². The van der Waals surface area contributed by atoms with Crippen LogP contribution in [0.4, 0.5) is 30.5 Å². The molecule has 1 heterocycles. The lowest BCUT2D eigenvalue weighted by atomic mass is 10.3. The van der Waals surface area contributed by atoms with Gasteiger partial charge in [0.05, 0.1) is 0 Å². The second kappa shape index (κ2) is 5.15. The molecule has 3 N–H and O–H groups in total. The average molecular weight is 268 g/mol. The second-order valence-electron chi connectivity index (χ2n) is 3.80. The molecular weight excluding hydrogens is 257 g/mol. The fourth-order valence-corrected chi connectivity index (χ4v) is 1.58. The summed E-state index contributed by atoms with van der Waals surface area (Å²) in [4.78, 5) is 5.09. The smallest absolute Gasteiger partial charge is 0.178 e. The molecule has 100 valence electrons. The first-order valence-electron chi connectivity index (χ1n) is 5.35. The number of hydrazine groups is 1. The fourth-order valence-electron chi connectivity index (χ4n) is 1.58. The fraction of sp³-hybridized carbons (Fsp3) is 0.0833. The molecule has 2 aromatic rings. The van der Waals surface area contributed by atoms with Crippen molar-refractivity contribution < 1.29 is 13.2 Å². The molecule has 0 bridgehead atoms. The van der Waals surface area contributed by atoms with Crippen LogP contribution in [0.1, 0.15) is 0 Å². The number of halogens is 3. The van der Waals surface area contributed by atoms with Crippen LogP contribution in [-0.4, -0.2) is 12.0 Å². The van der Waals surface area contributed by atoms with Crippen molar-refractivity contribution in [1.29, 1.82) is 0 Å². The Balaban J connectivity index is 2.43. The SMILES string of the molecule is CN(c1ccc(F)cc1)c1nc(NN)c(F)cc1F. The highest BCUT2D eigenvalue weighted by molar-refractivity contribution is 5.61. The predicted octanol–water partition coefficient (Wildman–Crippen LogP) is 2.55. The average Bonchev–Trinajstić information content (AvgIpc) is 2.39. The number of benzene rings is 1. The van der Waals surface area contributed by atoms with Crippen molar-refractivity contribution in [2.45, 2.75) is 0 Å². The van der Waals surface area contributed by atoms with Crippen LogP contribution < -0.4 is 16.2 Å². The zero-order valence-corrected chi connectivity index (χ0v) is 9.99. The molecule has 1 aromatic carbocycles. The van der Waals surface area contributed by atoms with Gasteiger partial charge in [0.2, 0.25) is 0 Å². The highest BCUT2D eigenvalue weighted by Crippen LogP contribution is 2.27. The van der Waals surface area contributed by atoms with Gasteiger partial charge in [0.15, 0.2) is 23.3 Å². The Labute approximate surface area is 107 Å². The van der Waals surface area contributed by atoms with Gasteiger partial charge >= 0.3 is 0 Å². The van der Waals surface area contributed by atoms with Gasteiger partial charge in [0.1, 0.15) is 5.82 Å². The van der Waals surface area contributed by atoms with E-state index >= 15 is 0 Å². The van der Waals surface area contributed by atoms with Crippen molar-refractivity contribution in [2.24, 2.45) is 5.84 Å². The number of nitrogens with two attached hydrogens (primary N) is 1. The minimum Gasteiger partial charge on any atom is -0.327 e. The molecule has 0 saturated heterocycles. The summed E-state index contributed by atoms with van der Waals surface area (Å²) >= 11 is 0. The third kappa shape index (κ3) is 2.60. The highest BCUT2D eigenvalue weighted by Gasteiger charge is 2.15. The summed E-state index contributed by atoms with van der Waals surface area (Å²) in [6.07, 6.45) is 0. The van der Waals surface area contributed by atoms with E-state index in [2.05, 4.69) is 4.98 Å². The van der Waals surface area contributed by atoms with Crippen LogP contribution in [0, 0.1) is 17.5 Å². The molecule has 0 saturated carbocycles. The predicted molar refractivity (Wildman–Crippen MR) is 66.4 cm³/mol. The quantitative estimate of drug-likeness (QED) is 0.663. The van der Waals surface area contributed by atoms with Crippen molar-refractivity contribution in [3.05, 3.63) is 47.8 Å². The zero-order valence-electron chi connectivity index (χ0n) is 9.99. The molecule has 0 aliphatic rings. The molecule has 0 aliphatic heterocycles. The summed E-state index contributed by atoms with van der Waals surface area (Å²) in [6.45, 7) is 0. The van der Waals surface area contributed by atoms with Crippen LogP contribution in [0.2, 0.25) is 0 Å². The number of aromatic nitrogens is 1. The van der Waals surface area contributed by atoms with Crippen LogP contribution in [0.5, 0.6) is 0 Å². The molecule has 2 rings (SSSR count). The van der Waals surface area contributed by atoms with E-state index in [4.69, 9.17) is 5.84 Å². The normalized spacial score (nSPS) is 10.4. The molecule has 0 atom stereocenters. The molecule has 7 heteroatoms. The summed E-state index contributed by atoms with van der Waals surface area (Å²) in [5.74, 6) is 2.54. The monoisotopic (exact) mass is 268 g/mol. The first kappa shape index (κ1) is 13.2. The minimum absolute atomic E-state index is 0.124. The molecule has 0 aliphatic carbocycles. The lowest BCUT2D eigenvalue weighted by Crippen LogP contribution is -2.17. The third-order valence-corrected chi connectivity index (χ3v) is 2.58. The van der Waals surface area contributed by atoms with Crippen molar-refractivity contribution in [2.75, 3.05) is 17.4 Å². The van der Waals surface area contributed by atoms with Crippen molar-refractivity contribution in [3.63, 3.8) is 0 Å². The first-order chi connectivity index (χ1) is 9.02. The Hall–Kier alpha value is -2.28. The molecule has 0 radical (unpaired) electrons. The number of nitrogens with zero attached hydrogens (tertiary/aromatic N) is 2. The zero-order chi connectivity index (χ0) is 14.0. The number of anilines is 3. The number of nitrogens with one attached hydrogen (secondary N) is 1. The van der Waals surface area contributed by atoms with Crippen LogP contribution in [0.25, 0.3) is 0 Å². The van der Waals surface area contributed by atoms with E-state index < -0.39 is 17.5 Å². The van der Waals surface area contributed by atoms with Gasteiger partial charge in [0, 0.05) is 18.8 Å². The van der Waals surface area contributed by atoms with Crippen molar-refractivity contribution in [1.82, 2.24) is 4.98 Å². The summed E-state index contributed by atoms with van der Waals surface area (Å²) in [5.41, 5.74) is 2.54. The van der Waals surface area contributed by atoms with E-state index in [0.717, 1.165) is 0 Å². The summed E-state index contributed by atoms with van der Waals surface area (Å²) in [5, 5.41) is 0. The van der Waals surface area contributed by atoms with Crippen LogP contribution in [0.15, 0.2) is 30.3 Å². The van der Waals surface area contributed by atoms with E-state index in [1.165, 1.54) is 36.2 Å². The van der Waals surface area contributed by atoms with Crippen LogP contribution >= 0.6 is 0 Å². The lowest BCUT2D eigenvalue weighted by molar-refractivity contribution is 0.576. The Morgan fingerprint density at radius 1 is 1.11 bits per heavy atom. The molecular formula is C12H11F3N4. The molecule has 0 amide bonds. The summed E-state index contributed by atoms with van der Waals surface area (Å²) in [6, 6.07) is 6.05. The van der Waals surface area contributed by atoms with Gasteiger partial charge in [-0.2, -0.15) is 0 Å². The van der Waals surface area contributed by atoms with Gasteiger partial charge in [-0.15, -0.1) is 0 Å². The number of hydrogen-bond donors (Lipinski definition) is 2. The van der Waals surface area contributed by atoms with Crippen LogP contribution in [-0.2, 0) is 0 Å². The number of hydrogen-bond acceptors (Lipinski definition) is 4. The first-order valence-corrected chi connectivity index (χ1v) is 5.35. The standard InChI is InChI=1S/C12H11F3N4/c1-19(8-4-2-7(13)3-5-8)12-10(15)6-9(14)11(17-12)18-16/h2-6H,16H2,1H3,(H,17,18).